The summed E-state index contributed by atoms with van der Waals surface area (Å²) in [6, 6.07) is 16.9. The van der Waals surface area contributed by atoms with Crippen LogP contribution >= 0.6 is 11.6 Å². The summed E-state index contributed by atoms with van der Waals surface area (Å²) in [5, 5.41) is 2.15. The smallest absolute Gasteiger partial charge is 0.0945 e. The van der Waals surface area contributed by atoms with Crippen molar-refractivity contribution in [3.05, 3.63) is 89.6 Å². The van der Waals surface area contributed by atoms with Crippen LogP contribution in [0.25, 0.3) is 10.9 Å². The normalized spacial score (nSPS) is 11.3. The van der Waals surface area contributed by atoms with E-state index < -0.39 is 0 Å². The summed E-state index contributed by atoms with van der Waals surface area (Å²) in [5.74, 6) is 0. The second-order valence-electron chi connectivity index (χ2n) is 7.38. The quantitative estimate of drug-likeness (QED) is 0.305. The largest absolute Gasteiger partial charge is 0.347 e. The van der Waals surface area contributed by atoms with E-state index in [1.807, 2.05) is 30.9 Å². The number of aryl methyl sites for hydroxylation is 2. The third-order valence-corrected chi connectivity index (χ3v) is 5.56. The van der Waals surface area contributed by atoms with Gasteiger partial charge in [0, 0.05) is 47.6 Å². The van der Waals surface area contributed by atoms with Crippen LogP contribution in [-0.2, 0) is 19.5 Å². The van der Waals surface area contributed by atoms with Crippen LogP contribution in [0.5, 0.6) is 0 Å². The molecule has 0 radical (unpaired) electrons. The van der Waals surface area contributed by atoms with Gasteiger partial charge in [-0.15, -0.1) is 0 Å². The molecule has 0 aliphatic rings. The van der Waals surface area contributed by atoms with Crippen molar-refractivity contribution in [1.82, 2.24) is 14.1 Å². The zero-order chi connectivity index (χ0) is 19.2. The molecule has 4 rings (SSSR count). The minimum atomic E-state index is 0.791. The van der Waals surface area contributed by atoms with Crippen molar-refractivity contribution in [1.29, 1.82) is 0 Å². The molecule has 0 saturated carbocycles. The Balaban J connectivity index is 1.36. The Morgan fingerprint density at radius 1 is 0.857 bits per heavy atom. The predicted octanol–water partition coefficient (Wildman–Crippen LogP) is 6.34. The van der Waals surface area contributed by atoms with Crippen LogP contribution in [0, 0.1) is 0 Å². The number of aromatic nitrogens is 3. The molecule has 0 spiro atoms. The lowest BCUT2D eigenvalue weighted by Crippen LogP contribution is -1.98. The molecule has 2 heterocycles. The molecule has 2 aromatic heterocycles. The van der Waals surface area contributed by atoms with Crippen LogP contribution in [0.15, 0.2) is 73.4 Å². The molecule has 0 fully saturated rings. The van der Waals surface area contributed by atoms with Gasteiger partial charge in [-0.25, -0.2) is 4.98 Å². The van der Waals surface area contributed by atoms with Gasteiger partial charge in [0.1, 0.15) is 0 Å². The summed E-state index contributed by atoms with van der Waals surface area (Å²) in [6.45, 7) is 2.14. The Morgan fingerprint density at radius 2 is 1.64 bits per heavy atom. The van der Waals surface area contributed by atoms with Crippen LogP contribution in [0.4, 0.5) is 0 Å². The maximum absolute atomic E-state index is 6.03. The first-order valence-electron chi connectivity index (χ1n) is 10.1. The minimum absolute atomic E-state index is 0.791. The summed E-state index contributed by atoms with van der Waals surface area (Å²) in [6.07, 6.45) is 14.0. The molecule has 0 bridgehead atoms. The van der Waals surface area contributed by atoms with Crippen LogP contribution in [0.3, 0.4) is 0 Å². The number of hydrogen-bond donors (Lipinski definition) is 0. The highest BCUT2D eigenvalue weighted by Gasteiger charge is 2.08. The molecular weight excluding hydrogens is 366 g/mol. The molecule has 0 aliphatic heterocycles. The Hall–Kier alpha value is -2.52. The zero-order valence-corrected chi connectivity index (χ0v) is 16.9. The molecule has 0 unspecified atom stereocenters. The predicted molar refractivity (Wildman–Crippen MR) is 117 cm³/mol. The van der Waals surface area contributed by atoms with Crippen LogP contribution in [0.1, 0.15) is 36.8 Å². The van der Waals surface area contributed by atoms with Gasteiger partial charge >= 0.3 is 0 Å². The zero-order valence-electron chi connectivity index (χ0n) is 16.1. The van der Waals surface area contributed by atoms with E-state index in [0.717, 1.165) is 24.5 Å². The Labute approximate surface area is 171 Å². The van der Waals surface area contributed by atoms with Gasteiger partial charge in [0.25, 0.3) is 0 Å². The summed E-state index contributed by atoms with van der Waals surface area (Å²) in [5.41, 5.74) is 4.02. The number of rotatable bonds is 9. The Morgan fingerprint density at radius 3 is 2.43 bits per heavy atom. The SMILES string of the molecule is Clc1ccc(Cc2cn(CCCCCCn3ccnc3)c3ccccc23)cc1. The Bertz CT molecular complexity index is 1000. The average molecular weight is 392 g/mol. The topological polar surface area (TPSA) is 22.8 Å². The fraction of sp³-hybridized carbons (Fsp3) is 0.292. The van der Waals surface area contributed by atoms with E-state index in [9.17, 15) is 0 Å². The highest BCUT2D eigenvalue weighted by molar-refractivity contribution is 6.30. The van der Waals surface area contributed by atoms with E-state index in [1.165, 1.54) is 47.7 Å². The van der Waals surface area contributed by atoms with Gasteiger partial charge < -0.3 is 9.13 Å². The van der Waals surface area contributed by atoms with Crippen molar-refractivity contribution in [3.63, 3.8) is 0 Å². The molecule has 4 aromatic rings. The van der Waals surface area contributed by atoms with Crippen LogP contribution in [0.2, 0.25) is 5.02 Å². The molecule has 144 valence electrons. The number of hydrogen-bond acceptors (Lipinski definition) is 1. The van der Waals surface area contributed by atoms with E-state index in [-0.39, 0.29) is 0 Å². The lowest BCUT2D eigenvalue weighted by molar-refractivity contribution is 0.544. The number of benzene rings is 2. The van der Waals surface area contributed by atoms with E-state index in [1.54, 1.807) is 0 Å². The average Bonchev–Trinajstić information content (AvgIpc) is 3.35. The summed E-state index contributed by atoms with van der Waals surface area (Å²) in [4.78, 5) is 4.10. The molecule has 0 N–H and O–H groups in total. The van der Waals surface area contributed by atoms with Crippen molar-refractivity contribution in [2.24, 2.45) is 0 Å². The molecule has 28 heavy (non-hydrogen) atoms. The van der Waals surface area contributed by atoms with Crippen molar-refractivity contribution in [3.8, 4) is 0 Å². The third kappa shape index (κ3) is 4.66. The van der Waals surface area contributed by atoms with Crippen molar-refractivity contribution < 1.29 is 0 Å². The van der Waals surface area contributed by atoms with E-state index in [0.29, 0.717) is 0 Å². The number of fused-ring (bicyclic) bond motifs is 1. The summed E-state index contributed by atoms with van der Waals surface area (Å²) >= 11 is 6.03. The van der Waals surface area contributed by atoms with Gasteiger partial charge in [-0.05, 0) is 48.6 Å². The number of nitrogens with zero attached hydrogens (tertiary/aromatic N) is 3. The monoisotopic (exact) mass is 391 g/mol. The van der Waals surface area contributed by atoms with Gasteiger partial charge in [0.2, 0.25) is 0 Å². The van der Waals surface area contributed by atoms with Crippen molar-refractivity contribution >= 4 is 22.5 Å². The first-order valence-corrected chi connectivity index (χ1v) is 10.4. The molecule has 0 saturated heterocycles. The fourth-order valence-electron chi connectivity index (χ4n) is 3.82. The van der Waals surface area contributed by atoms with Gasteiger partial charge in [-0.3, -0.25) is 0 Å². The van der Waals surface area contributed by atoms with Crippen LogP contribution < -0.4 is 0 Å². The lowest BCUT2D eigenvalue weighted by atomic mass is 10.0. The molecule has 3 nitrogen and oxygen atoms in total. The first kappa shape index (κ1) is 18.8. The highest BCUT2D eigenvalue weighted by atomic mass is 35.5. The standard InChI is InChI=1S/C24H26ClN3/c25-22-11-9-20(10-12-22)17-21-18-28(24-8-4-3-7-23(21)24)15-6-2-1-5-14-27-16-13-26-19-27/h3-4,7-13,16,18-19H,1-2,5-6,14-15,17H2. The minimum Gasteiger partial charge on any atom is -0.347 e. The molecular formula is C24H26ClN3. The number of para-hydroxylation sites is 1. The molecule has 0 amide bonds. The molecule has 0 atom stereocenters. The first-order chi connectivity index (χ1) is 13.8. The van der Waals surface area contributed by atoms with E-state index >= 15 is 0 Å². The maximum atomic E-state index is 6.03. The molecule has 0 aliphatic carbocycles. The number of imidazole rings is 1. The van der Waals surface area contributed by atoms with Gasteiger partial charge in [0.05, 0.1) is 6.33 Å². The number of halogens is 1. The van der Waals surface area contributed by atoms with Gasteiger partial charge in [-0.1, -0.05) is 54.8 Å². The Kier molecular flexibility index (Phi) is 6.13. The number of unbranched alkanes of at least 4 members (excludes halogenated alkanes) is 3. The van der Waals surface area contributed by atoms with Crippen molar-refractivity contribution in [2.45, 2.75) is 45.2 Å². The van der Waals surface area contributed by atoms with E-state index in [4.69, 9.17) is 11.6 Å². The molecule has 4 heteroatoms. The van der Waals surface area contributed by atoms with Crippen LogP contribution in [-0.4, -0.2) is 14.1 Å². The third-order valence-electron chi connectivity index (χ3n) is 5.30. The fourth-order valence-corrected chi connectivity index (χ4v) is 3.95. The second kappa shape index (κ2) is 9.11. The lowest BCUT2D eigenvalue weighted by Gasteiger charge is -2.06. The maximum Gasteiger partial charge on any atom is 0.0945 e. The highest BCUT2D eigenvalue weighted by Crippen LogP contribution is 2.25. The molecule has 2 aromatic carbocycles. The van der Waals surface area contributed by atoms with Crippen molar-refractivity contribution in [2.75, 3.05) is 0 Å². The second-order valence-corrected chi connectivity index (χ2v) is 7.82. The van der Waals surface area contributed by atoms with Gasteiger partial charge in [-0.2, -0.15) is 0 Å². The summed E-state index contributed by atoms with van der Waals surface area (Å²) in [7, 11) is 0. The van der Waals surface area contributed by atoms with E-state index in [2.05, 4.69) is 56.7 Å². The van der Waals surface area contributed by atoms with Gasteiger partial charge in [0.15, 0.2) is 0 Å². The summed E-state index contributed by atoms with van der Waals surface area (Å²) < 4.78 is 4.58.